The summed E-state index contributed by atoms with van der Waals surface area (Å²) in [5.41, 5.74) is 7.75. The first-order chi connectivity index (χ1) is 10.5. The summed E-state index contributed by atoms with van der Waals surface area (Å²) < 4.78 is 5.67. The van der Waals surface area contributed by atoms with Crippen molar-refractivity contribution in [3.63, 3.8) is 0 Å². The lowest BCUT2D eigenvalue weighted by atomic mass is 10.1. The van der Waals surface area contributed by atoms with Gasteiger partial charge in [-0.25, -0.2) is 0 Å². The third-order valence-electron chi connectivity index (χ3n) is 4.18. The van der Waals surface area contributed by atoms with E-state index in [1.54, 1.807) is 4.90 Å². The first kappa shape index (κ1) is 16.3. The van der Waals surface area contributed by atoms with Crippen molar-refractivity contribution in [1.29, 1.82) is 0 Å². The molecule has 0 unspecified atom stereocenters. The Kier molecular flexibility index (Phi) is 5.41. The predicted octanol–water partition coefficient (Wildman–Crippen LogP) is 1.94. The van der Waals surface area contributed by atoms with E-state index < -0.39 is 11.9 Å². The maximum Gasteiger partial charge on any atom is 0.240 e. The van der Waals surface area contributed by atoms with Crippen molar-refractivity contribution < 1.29 is 14.3 Å². The zero-order valence-electron chi connectivity index (χ0n) is 13.3. The number of amides is 2. The Hall–Kier alpha value is -2.04. The summed E-state index contributed by atoms with van der Waals surface area (Å²) in [5, 5.41) is 0. The lowest BCUT2D eigenvalue weighted by Gasteiger charge is -2.22. The second kappa shape index (κ2) is 7.29. The number of carbonyl (C=O) groups excluding carboxylic acids is 2. The van der Waals surface area contributed by atoms with Gasteiger partial charge in [0.2, 0.25) is 11.8 Å². The molecule has 1 heterocycles. The van der Waals surface area contributed by atoms with E-state index in [9.17, 15) is 9.59 Å². The number of nitrogens with zero attached hydrogens (tertiary/aromatic N) is 1. The number of ether oxygens (including phenoxy) is 1. The largest absolute Gasteiger partial charge is 0.494 e. The molecule has 0 saturated carbocycles. The number of nitrogens with two attached hydrogens (primary N) is 1. The molecule has 1 aliphatic rings. The number of aryl methyl sites for hydroxylation is 2. The van der Waals surface area contributed by atoms with E-state index in [0.29, 0.717) is 32.4 Å². The molecule has 22 heavy (non-hydrogen) atoms. The van der Waals surface area contributed by atoms with Crippen molar-refractivity contribution in [3.8, 4) is 5.75 Å². The number of carbonyl (C=O) groups is 2. The van der Waals surface area contributed by atoms with E-state index >= 15 is 0 Å². The van der Waals surface area contributed by atoms with Gasteiger partial charge in [-0.05, 0) is 56.4 Å². The molecule has 0 spiro atoms. The molecule has 2 rings (SSSR count). The molecule has 5 heteroatoms. The Morgan fingerprint density at radius 1 is 1.32 bits per heavy atom. The molecule has 1 fully saturated rings. The topological polar surface area (TPSA) is 72.6 Å². The number of likely N-dealkylation sites (tertiary alicyclic amines) is 1. The molecule has 1 aromatic rings. The number of hydrogen-bond acceptors (Lipinski definition) is 3. The quantitative estimate of drug-likeness (QED) is 0.816. The molecule has 1 aromatic carbocycles. The number of primary amides is 1. The second-order valence-electron chi connectivity index (χ2n) is 5.85. The summed E-state index contributed by atoms with van der Waals surface area (Å²) in [6.45, 7) is 5.22. The van der Waals surface area contributed by atoms with Gasteiger partial charge in [-0.15, -0.1) is 0 Å². The van der Waals surface area contributed by atoms with Gasteiger partial charge in [0, 0.05) is 13.0 Å². The molecule has 1 saturated heterocycles. The summed E-state index contributed by atoms with van der Waals surface area (Å²) >= 11 is 0. The smallest absolute Gasteiger partial charge is 0.240 e. The van der Waals surface area contributed by atoms with Crippen LogP contribution >= 0.6 is 0 Å². The summed E-state index contributed by atoms with van der Waals surface area (Å²) in [6, 6.07) is 5.54. The van der Waals surface area contributed by atoms with Gasteiger partial charge in [-0.1, -0.05) is 6.07 Å². The second-order valence-corrected chi connectivity index (χ2v) is 5.85. The molecular weight excluding hydrogens is 280 g/mol. The van der Waals surface area contributed by atoms with Crippen molar-refractivity contribution in [2.75, 3.05) is 13.2 Å². The van der Waals surface area contributed by atoms with Gasteiger partial charge >= 0.3 is 0 Å². The van der Waals surface area contributed by atoms with Crippen LogP contribution in [0, 0.1) is 13.8 Å². The predicted molar refractivity (Wildman–Crippen MR) is 84.6 cm³/mol. The Bertz CT molecular complexity index is 557. The molecule has 0 bridgehead atoms. The van der Waals surface area contributed by atoms with E-state index in [4.69, 9.17) is 10.5 Å². The lowest BCUT2D eigenvalue weighted by molar-refractivity contribution is -0.137. The Labute approximate surface area is 131 Å². The molecule has 5 nitrogen and oxygen atoms in total. The van der Waals surface area contributed by atoms with Gasteiger partial charge in [-0.2, -0.15) is 0 Å². The monoisotopic (exact) mass is 304 g/mol. The summed E-state index contributed by atoms with van der Waals surface area (Å²) in [5.74, 6) is 0.411. The van der Waals surface area contributed by atoms with Crippen LogP contribution in [0.3, 0.4) is 0 Å². The molecule has 1 aliphatic heterocycles. The summed E-state index contributed by atoms with van der Waals surface area (Å²) in [6.07, 6.45) is 2.54. The minimum atomic E-state index is -0.423. The fraction of sp³-hybridized carbons (Fsp3) is 0.529. The molecule has 1 atom stereocenters. The van der Waals surface area contributed by atoms with E-state index in [1.807, 2.05) is 25.1 Å². The van der Waals surface area contributed by atoms with Crippen LogP contribution in [0.4, 0.5) is 0 Å². The van der Waals surface area contributed by atoms with Gasteiger partial charge in [0.15, 0.2) is 0 Å². The molecule has 2 N–H and O–H groups in total. The Morgan fingerprint density at radius 3 is 2.77 bits per heavy atom. The molecule has 120 valence electrons. The van der Waals surface area contributed by atoms with Gasteiger partial charge in [0.25, 0.3) is 0 Å². The summed E-state index contributed by atoms with van der Waals surface area (Å²) in [4.78, 5) is 25.0. The first-order valence-electron chi connectivity index (χ1n) is 7.78. The highest BCUT2D eigenvalue weighted by Gasteiger charge is 2.31. The van der Waals surface area contributed by atoms with Crippen molar-refractivity contribution in [1.82, 2.24) is 4.90 Å². The van der Waals surface area contributed by atoms with Gasteiger partial charge in [0.1, 0.15) is 11.8 Å². The van der Waals surface area contributed by atoms with Crippen LogP contribution in [-0.4, -0.2) is 35.9 Å². The average Bonchev–Trinajstić information content (AvgIpc) is 2.97. The maximum absolute atomic E-state index is 12.1. The minimum absolute atomic E-state index is 0.00927. The van der Waals surface area contributed by atoms with Crippen LogP contribution in [0.25, 0.3) is 0 Å². The third kappa shape index (κ3) is 4.00. The standard InChI is InChI=1S/C17H24N2O3/c1-12-7-8-14(11-13(12)2)22-10-4-6-16(20)19-9-3-5-15(19)17(18)21/h7-8,11,15H,3-6,9-10H2,1-2H3,(H2,18,21)/t15-/m1/s1. The minimum Gasteiger partial charge on any atom is -0.494 e. The van der Waals surface area contributed by atoms with Crippen molar-refractivity contribution in [3.05, 3.63) is 29.3 Å². The highest BCUT2D eigenvalue weighted by molar-refractivity contribution is 5.87. The van der Waals surface area contributed by atoms with E-state index in [0.717, 1.165) is 12.2 Å². The molecule has 0 aromatic heterocycles. The van der Waals surface area contributed by atoms with Crippen molar-refractivity contribution in [2.45, 2.75) is 45.6 Å². The number of rotatable bonds is 6. The number of hydrogen-bond donors (Lipinski definition) is 1. The lowest BCUT2D eigenvalue weighted by Crippen LogP contribution is -2.43. The molecular formula is C17H24N2O3. The maximum atomic E-state index is 12.1. The fourth-order valence-electron chi connectivity index (χ4n) is 2.72. The first-order valence-corrected chi connectivity index (χ1v) is 7.78. The highest BCUT2D eigenvalue weighted by Crippen LogP contribution is 2.19. The Morgan fingerprint density at radius 2 is 2.09 bits per heavy atom. The van der Waals surface area contributed by atoms with Crippen LogP contribution < -0.4 is 10.5 Å². The van der Waals surface area contributed by atoms with Gasteiger partial charge in [0.05, 0.1) is 6.61 Å². The normalized spacial score (nSPS) is 17.5. The highest BCUT2D eigenvalue weighted by atomic mass is 16.5. The van der Waals surface area contributed by atoms with Crippen LogP contribution in [0.2, 0.25) is 0 Å². The zero-order valence-corrected chi connectivity index (χ0v) is 13.3. The van der Waals surface area contributed by atoms with Crippen LogP contribution in [0.15, 0.2) is 18.2 Å². The molecule has 0 radical (unpaired) electrons. The van der Waals surface area contributed by atoms with Gasteiger partial charge < -0.3 is 15.4 Å². The Balaban J connectivity index is 1.75. The van der Waals surface area contributed by atoms with E-state index in [-0.39, 0.29) is 5.91 Å². The summed E-state index contributed by atoms with van der Waals surface area (Å²) in [7, 11) is 0. The average molecular weight is 304 g/mol. The molecule has 2 amide bonds. The van der Waals surface area contributed by atoms with Crippen LogP contribution in [0.5, 0.6) is 5.75 Å². The molecule has 0 aliphatic carbocycles. The van der Waals surface area contributed by atoms with E-state index in [1.165, 1.54) is 11.1 Å². The number of benzene rings is 1. The third-order valence-corrected chi connectivity index (χ3v) is 4.18. The SMILES string of the molecule is Cc1ccc(OCCCC(=O)N2CCC[C@@H]2C(N)=O)cc1C. The van der Waals surface area contributed by atoms with Gasteiger partial charge in [-0.3, -0.25) is 9.59 Å². The fourth-order valence-corrected chi connectivity index (χ4v) is 2.72. The zero-order chi connectivity index (χ0) is 16.1. The van der Waals surface area contributed by atoms with E-state index in [2.05, 4.69) is 6.92 Å². The van der Waals surface area contributed by atoms with Crippen molar-refractivity contribution in [2.24, 2.45) is 5.73 Å². The van der Waals surface area contributed by atoms with Crippen LogP contribution in [0.1, 0.15) is 36.8 Å². The van der Waals surface area contributed by atoms with Crippen molar-refractivity contribution >= 4 is 11.8 Å². The van der Waals surface area contributed by atoms with Crippen LogP contribution in [-0.2, 0) is 9.59 Å².